The van der Waals surface area contributed by atoms with Gasteiger partial charge in [0.2, 0.25) is 5.91 Å². The summed E-state index contributed by atoms with van der Waals surface area (Å²) >= 11 is 0. The smallest absolute Gasteiger partial charge is 0.251 e. The largest absolute Gasteiger partial charge is 0.497 e. The minimum atomic E-state index is -0.189. The van der Waals surface area contributed by atoms with Gasteiger partial charge in [0.1, 0.15) is 11.5 Å². The second-order valence-electron chi connectivity index (χ2n) is 6.94. The zero-order chi connectivity index (χ0) is 20.8. The van der Waals surface area contributed by atoms with Crippen molar-refractivity contribution in [1.82, 2.24) is 10.2 Å². The first-order valence-electron chi connectivity index (χ1n) is 9.63. The lowest BCUT2D eigenvalue weighted by Crippen LogP contribution is -2.33. The number of rotatable bonds is 7. The molecular weight excluding hydrogens is 370 g/mol. The van der Waals surface area contributed by atoms with Gasteiger partial charge in [0.25, 0.3) is 5.91 Å². The molecule has 0 aromatic heterocycles. The summed E-state index contributed by atoms with van der Waals surface area (Å²) < 4.78 is 10.9. The highest BCUT2D eigenvalue weighted by Gasteiger charge is 2.30. The van der Waals surface area contributed by atoms with Crippen LogP contribution in [0.3, 0.4) is 0 Å². The number of hydrogen-bond acceptors (Lipinski definition) is 5. The molecule has 0 radical (unpaired) electrons. The van der Waals surface area contributed by atoms with Crippen LogP contribution in [0, 0.1) is 0 Å². The van der Waals surface area contributed by atoms with Crippen molar-refractivity contribution in [3.05, 3.63) is 53.6 Å². The van der Waals surface area contributed by atoms with E-state index in [-0.39, 0.29) is 24.4 Å². The number of anilines is 1. The van der Waals surface area contributed by atoms with E-state index in [1.54, 1.807) is 45.5 Å². The maximum Gasteiger partial charge on any atom is 0.251 e. The first-order chi connectivity index (χ1) is 14.0. The average molecular weight is 397 g/mol. The molecule has 2 aromatic carbocycles. The monoisotopic (exact) mass is 397 g/mol. The Morgan fingerprint density at radius 1 is 1.14 bits per heavy atom. The van der Waals surface area contributed by atoms with E-state index in [1.165, 1.54) is 0 Å². The van der Waals surface area contributed by atoms with Crippen molar-refractivity contribution < 1.29 is 19.1 Å². The van der Waals surface area contributed by atoms with Crippen LogP contribution in [0.5, 0.6) is 11.5 Å². The van der Waals surface area contributed by atoms with E-state index in [9.17, 15) is 9.59 Å². The predicted molar refractivity (Wildman–Crippen MR) is 112 cm³/mol. The molecular formula is C22H27N3O4. The van der Waals surface area contributed by atoms with Crippen LogP contribution >= 0.6 is 0 Å². The molecule has 0 saturated carbocycles. The first-order valence-corrected chi connectivity index (χ1v) is 9.63. The summed E-state index contributed by atoms with van der Waals surface area (Å²) in [6.45, 7) is 1.09. The number of amides is 2. The van der Waals surface area contributed by atoms with Crippen molar-refractivity contribution in [3.8, 4) is 11.5 Å². The number of hydrogen-bond donors (Lipinski definition) is 2. The van der Waals surface area contributed by atoms with Gasteiger partial charge in [0.05, 0.1) is 20.8 Å². The van der Waals surface area contributed by atoms with Gasteiger partial charge < -0.3 is 20.1 Å². The molecule has 7 heteroatoms. The van der Waals surface area contributed by atoms with Crippen molar-refractivity contribution in [2.24, 2.45) is 0 Å². The molecule has 1 heterocycles. The van der Waals surface area contributed by atoms with Crippen LogP contribution < -0.4 is 20.1 Å². The molecule has 0 spiro atoms. The third-order valence-corrected chi connectivity index (χ3v) is 5.14. The molecule has 3 rings (SSSR count). The fraction of sp³-hybridized carbons (Fsp3) is 0.364. The number of ether oxygens (including phenoxy) is 2. The second kappa shape index (κ2) is 9.43. The molecule has 154 valence electrons. The van der Waals surface area contributed by atoms with Crippen LogP contribution in [0.2, 0.25) is 0 Å². The van der Waals surface area contributed by atoms with E-state index >= 15 is 0 Å². The molecule has 1 saturated heterocycles. The molecule has 7 nitrogen and oxygen atoms in total. The van der Waals surface area contributed by atoms with Crippen LogP contribution in [-0.2, 0) is 4.79 Å². The molecule has 2 amide bonds. The van der Waals surface area contributed by atoms with Crippen molar-refractivity contribution in [3.63, 3.8) is 0 Å². The van der Waals surface area contributed by atoms with E-state index in [2.05, 4.69) is 15.5 Å². The summed E-state index contributed by atoms with van der Waals surface area (Å²) in [6, 6.07) is 12.7. The quantitative estimate of drug-likeness (QED) is 0.751. The number of carbonyl (C=O) groups excluding carboxylic acids is 2. The fourth-order valence-electron chi connectivity index (χ4n) is 3.73. The molecule has 0 aliphatic carbocycles. The van der Waals surface area contributed by atoms with Gasteiger partial charge >= 0.3 is 0 Å². The topological polar surface area (TPSA) is 79.9 Å². The van der Waals surface area contributed by atoms with Gasteiger partial charge in [0, 0.05) is 29.9 Å². The number of nitrogens with zero attached hydrogens (tertiary/aromatic N) is 1. The Morgan fingerprint density at radius 2 is 1.97 bits per heavy atom. The molecule has 0 bridgehead atoms. The van der Waals surface area contributed by atoms with E-state index in [1.807, 2.05) is 18.2 Å². The van der Waals surface area contributed by atoms with E-state index in [0.29, 0.717) is 11.3 Å². The average Bonchev–Trinajstić information content (AvgIpc) is 3.20. The van der Waals surface area contributed by atoms with E-state index < -0.39 is 0 Å². The number of nitrogens with one attached hydrogen (secondary N) is 2. The van der Waals surface area contributed by atoms with Crippen molar-refractivity contribution in [2.75, 3.05) is 39.7 Å². The Labute approximate surface area is 171 Å². The summed E-state index contributed by atoms with van der Waals surface area (Å²) in [5.74, 6) is 1.25. The Hall–Kier alpha value is -3.06. The minimum Gasteiger partial charge on any atom is -0.497 e. The zero-order valence-electron chi connectivity index (χ0n) is 17.0. The fourth-order valence-corrected chi connectivity index (χ4v) is 3.73. The van der Waals surface area contributed by atoms with Crippen molar-refractivity contribution in [2.45, 2.75) is 18.9 Å². The summed E-state index contributed by atoms with van der Waals surface area (Å²) in [5.41, 5.74) is 2.13. The molecule has 1 aliphatic heterocycles. The maximum absolute atomic E-state index is 12.7. The Morgan fingerprint density at radius 3 is 2.69 bits per heavy atom. The van der Waals surface area contributed by atoms with Crippen LogP contribution in [0.15, 0.2) is 42.5 Å². The first kappa shape index (κ1) is 20.7. The summed E-state index contributed by atoms with van der Waals surface area (Å²) in [4.78, 5) is 26.6. The molecule has 0 unspecified atom stereocenters. The standard InChI is InChI=1S/C22H27N3O4/c1-23-22(27)15-6-4-7-16(12-15)24-21(26)14-25-11-5-8-19(25)18-13-17(28-2)9-10-20(18)29-3/h4,6-7,9-10,12-13,19H,5,8,11,14H2,1-3H3,(H,23,27)(H,24,26)/t19-/m1/s1. The molecule has 2 aromatic rings. The van der Waals surface area contributed by atoms with E-state index in [0.717, 1.165) is 36.4 Å². The summed E-state index contributed by atoms with van der Waals surface area (Å²) in [5, 5.41) is 5.48. The number of methoxy groups -OCH3 is 2. The maximum atomic E-state index is 12.7. The van der Waals surface area contributed by atoms with Crippen molar-refractivity contribution in [1.29, 1.82) is 0 Å². The third kappa shape index (κ3) is 4.86. The number of carbonyl (C=O) groups is 2. The van der Waals surface area contributed by atoms with E-state index in [4.69, 9.17) is 9.47 Å². The summed E-state index contributed by atoms with van der Waals surface area (Å²) in [6.07, 6.45) is 1.95. The Balaban J connectivity index is 1.71. The summed E-state index contributed by atoms with van der Waals surface area (Å²) in [7, 11) is 4.86. The lowest BCUT2D eigenvalue weighted by atomic mass is 10.0. The lowest BCUT2D eigenvalue weighted by molar-refractivity contribution is -0.117. The zero-order valence-corrected chi connectivity index (χ0v) is 17.0. The highest BCUT2D eigenvalue weighted by molar-refractivity contribution is 5.97. The van der Waals surface area contributed by atoms with Gasteiger partial charge in [-0.2, -0.15) is 0 Å². The number of likely N-dealkylation sites (tertiary alicyclic amines) is 1. The molecule has 2 N–H and O–H groups in total. The molecule has 1 aliphatic rings. The highest BCUT2D eigenvalue weighted by Crippen LogP contribution is 2.38. The molecule has 1 fully saturated rings. The Bertz CT molecular complexity index is 884. The lowest BCUT2D eigenvalue weighted by Gasteiger charge is -2.26. The van der Waals surface area contributed by atoms with Crippen LogP contribution in [0.25, 0.3) is 0 Å². The second-order valence-corrected chi connectivity index (χ2v) is 6.94. The number of benzene rings is 2. The Kier molecular flexibility index (Phi) is 6.72. The SMILES string of the molecule is CNC(=O)c1cccc(NC(=O)CN2CCC[C@@H]2c2cc(OC)ccc2OC)c1. The predicted octanol–water partition coefficient (Wildman–Crippen LogP) is 2.84. The van der Waals surface area contributed by atoms with Crippen molar-refractivity contribution >= 4 is 17.5 Å². The van der Waals surface area contributed by atoms with Gasteiger partial charge in [-0.1, -0.05) is 6.07 Å². The van der Waals surface area contributed by atoms with Gasteiger partial charge in [-0.3, -0.25) is 14.5 Å². The van der Waals surface area contributed by atoms with Crippen LogP contribution in [0.1, 0.15) is 34.8 Å². The van der Waals surface area contributed by atoms with Gasteiger partial charge in [-0.25, -0.2) is 0 Å². The molecule has 1 atom stereocenters. The van der Waals surface area contributed by atoms with Crippen LogP contribution in [-0.4, -0.2) is 51.1 Å². The minimum absolute atomic E-state index is 0.0861. The highest BCUT2D eigenvalue weighted by atomic mass is 16.5. The van der Waals surface area contributed by atoms with Gasteiger partial charge in [0.15, 0.2) is 0 Å². The normalized spacial score (nSPS) is 16.3. The van der Waals surface area contributed by atoms with Gasteiger partial charge in [-0.15, -0.1) is 0 Å². The van der Waals surface area contributed by atoms with Gasteiger partial charge in [-0.05, 0) is 55.8 Å². The molecule has 29 heavy (non-hydrogen) atoms. The van der Waals surface area contributed by atoms with Crippen LogP contribution in [0.4, 0.5) is 5.69 Å². The third-order valence-electron chi connectivity index (χ3n) is 5.14.